The molecule has 1 saturated heterocycles. The zero-order chi connectivity index (χ0) is 21.3. The lowest BCUT2D eigenvalue weighted by atomic mass is 9.93. The number of halogens is 3. The van der Waals surface area contributed by atoms with Crippen molar-refractivity contribution in [1.82, 2.24) is 15.5 Å². The highest BCUT2D eigenvalue weighted by molar-refractivity contribution is 5.80. The number of nitrogens with zero attached hydrogens (tertiary/aromatic N) is 2. The second-order valence-electron chi connectivity index (χ2n) is 6.99. The number of benzene rings is 1. The van der Waals surface area contributed by atoms with Crippen molar-refractivity contribution in [2.24, 2.45) is 10.9 Å². The second-order valence-corrected chi connectivity index (χ2v) is 6.99. The van der Waals surface area contributed by atoms with Crippen molar-refractivity contribution in [3.8, 4) is 5.75 Å². The summed E-state index contributed by atoms with van der Waals surface area (Å²) in [6.07, 6.45) is -1.61. The quantitative estimate of drug-likeness (QED) is 0.532. The monoisotopic (exact) mass is 414 g/mol. The van der Waals surface area contributed by atoms with Gasteiger partial charge in [0.1, 0.15) is 5.75 Å². The van der Waals surface area contributed by atoms with Gasteiger partial charge in [-0.3, -0.25) is 9.79 Å². The highest BCUT2D eigenvalue weighted by Gasteiger charge is 2.31. The number of nitrogens with one attached hydrogen (secondary N) is 2. The van der Waals surface area contributed by atoms with E-state index in [2.05, 4.69) is 25.3 Å². The predicted octanol–water partition coefficient (Wildman–Crippen LogP) is 2.94. The third-order valence-electron chi connectivity index (χ3n) is 4.82. The third-order valence-corrected chi connectivity index (χ3v) is 4.82. The van der Waals surface area contributed by atoms with Crippen LogP contribution in [0.25, 0.3) is 0 Å². The van der Waals surface area contributed by atoms with Crippen LogP contribution in [-0.4, -0.2) is 56.4 Å². The summed E-state index contributed by atoms with van der Waals surface area (Å²) in [5.41, 5.74) is 0.892. The van der Waals surface area contributed by atoms with Crippen molar-refractivity contribution in [2.45, 2.75) is 39.0 Å². The molecule has 0 bridgehead atoms. The van der Waals surface area contributed by atoms with Crippen LogP contribution in [0.4, 0.5) is 13.2 Å². The van der Waals surface area contributed by atoms with E-state index in [1.165, 1.54) is 12.1 Å². The van der Waals surface area contributed by atoms with Crippen molar-refractivity contribution < 1.29 is 22.7 Å². The maximum absolute atomic E-state index is 12.2. The Labute approximate surface area is 169 Å². The molecule has 1 aromatic rings. The van der Waals surface area contributed by atoms with Crippen molar-refractivity contribution in [1.29, 1.82) is 0 Å². The fourth-order valence-electron chi connectivity index (χ4n) is 3.29. The molecule has 0 radical (unpaired) electrons. The lowest BCUT2D eigenvalue weighted by molar-refractivity contribution is -0.274. The van der Waals surface area contributed by atoms with E-state index in [0.717, 1.165) is 44.0 Å². The minimum absolute atomic E-state index is 0.0793. The van der Waals surface area contributed by atoms with E-state index >= 15 is 0 Å². The molecular weight excluding hydrogens is 385 g/mol. The molecule has 0 unspecified atom stereocenters. The molecule has 29 heavy (non-hydrogen) atoms. The number of aliphatic imine (C=N–C) groups is 1. The first kappa shape index (κ1) is 22.8. The Morgan fingerprint density at radius 3 is 2.45 bits per heavy atom. The van der Waals surface area contributed by atoms with Crippen LogP contribution in [0.5, 0.6) is 5.75 Å². The molecule has 2 rings (SSSR count). The van der Waals surface area contributed by atoms with Gasteiger partial charge in [0.2, 0.25) is 5.91 Å². The number of guanidine groups is 1. The Bertz CT molecular complexity index is 669. The van der Waals surface area contributed by atoms with Crippen LogP contribution in [0.2, 0.25) is 0 Å². The van der Waals surface area contributed by atoms with Crippen LogP contribution in [0.3, 0.4) is 0 Å². The molecule has 1 fully saturated rings. The zero-order valence-corrected chi connectivity index (χ0v) is 16.9. The van der Waals surface area contributed by atoms with E-state index in [1.54, 1.807) is 19.2 Å². The molecule has 1 heterocycles. The van der Waals surface area contributed by atoms with E-state index in [0.29, 0.717) is 25.3 Å². The van der Waals surface area contributed by atoms with E-state index in [4.69, 9.17) is 0 Å². The maximum Gasteiger partial charge on any atom is 0.573 e. The molecule has 9 heteroatoms. The van der Waals surface area contributed by atoms with Crippen LogP contribution >= 0.6 is 0 Å². The van der Waals surface area contributed by atoms with E-state index in [-0.39, 0.29) is 11.7 Å². The van der Waals surface area contributed by atoms with Crippen LogP contribution < -0.4 is 15.4 Å². The highest BCUT2D eigenvalue weighted by Crippen LogP contribution is 2.23. The van der Waals surface area contributed by atoms with Gasteiger partial charge in [-0.15, -0.1) is 13.2 Å². The summed E-state index contributed by atoms with van der Waals surface area (Å²) in [5.74, 6) is 1.09. The normalized spacial score (nSPS) is 15.9. The number of ether oxygens (including phenoxy) is 1. The summed E-state index contributed by atoms with van der Waals surface area (Å²) >= 11 is 0. The molecule has 2 N–H and O–H groups in total. The SMILES string of the molecule is CCNC(=NCCc1ccc(OC(F)(F)F)cc1)N1CCC(CC(=O)NC)CC1. The Hall–Kier alpha value is -2.45. The first-order valence-corrected chi connectivity index (χ1v) is 9.89. The second kappa shape index (κ2) is 10.9. The maximum atomic E-state index is 12.2. The molecule has 162 valence electrons. The number of likely N-dealkylation sites (tertiary alicyclic amines) is 1. The minimum atomic E-state index is -4.68. The zero-order valence-electron chi connectivity index (χ0n) is 16.9. The van der Waals surface area contributed by atoms with Gasteiger partial charge in [-0.05, 0) is 49.8 Å². The third kappa shape index (κ3) is 8.21. The van der Waals surface area contributed by atoms with Gasteiger partial charge in [-0.2, -0.15) is 0 Å². The Morgan fingerprint density at radius 1 is 1.24 bits per heavy atom. The Morgan fingerprint density at radius 2 is 1.90 bits per heavy atom. The summed E-state index contributed by atoms with van der Waals surface area (Å²) in [7, 11) is 1.66. The standard InChI is InChI=1S/C20H29F3N4O2/c1-3-25-19(27-12-9-16(10-13-27)14-18(28)24-2)26-11-8-15-4-6-17(7-5-15)29-20(21,22)23/h4-7,16H,3,8-14H2,1-2H3,(H,24,28)(H,25,26). The molecule has 0 spiro atoms. The molecule has 0 aliphatic carbocycles. The number of alkyl halides is 3. The van der Waals surface area contributed by atoms with E-state index in [9.17, 15) is 18.0 Å². The number of hydrogen-bond acceptors (Lipinski definition) is 3. The molecule has 1 aliphatic heterocycles. The van der Waals surface area contributed by atoms with Gasteiger partial charge in [0.15, 0.2) is 5.96 Å². The lowest BCUT2D eigenvalue weighted by Gasteiger charge is -2.34. The van der Waals surface area contributed by atoms with Crippen molar-refractivity contribution in [2.75, 3.05) is 33.2 Å². The molecule has 1 amide bonds. The molecule has 0 saturated carbocycles. The van der Waals surface area contributed by atoms with Crippen LogP contribution in [-0.2, 0) is 11.2 Å². The predicted molar refractivity (Wildman–Crippen MR) is 106 cm³/mol. The fraction of sp³-hybridized carbons (Fsp3) is 0.600. The molecule has 0 aromatic heterocycles. The smallest absolute Gasteiger partial charge is 0.406 e. The number of hydrogen-bond donors (Lipinski definition) is 2. The number of rotatable bonds is 7. The van der Waals surface area contributed by atoms with Gasteiger partial charge in [-0.1, -0.05) is 12.1 Å². The van der Waals surface area contributed by atoms with Crippen LogP contribution in [0.15, 0.2) is 29.3 Å². The summed E-state index contributed by atoms with van der Waals surface area (Å²) in [6.45, 7) is 4.97. The first-order chi connectivity index (χ1) is 13.8. The van der Waals surface area contributed by atoms with Crippen LogP contribution in [0, 0.1) is 5.92 Å². The molecule has 0 atom stereocenters. The van der Waals surface area contributed by atoms with Gasteiger partial charge < -0.3 is 20.3 Å². The minimum Gasteiger partial charge on any atom is -0.406 e. The van der Waals surface area contributed by atoms with E-state index in [1.807, 2.05) is 6.92 Å². The lowest BCUT2D eigenvalue weighted by Crippen LogP contribution is -2.46. The summed E-state index contributed by atoms with van der Waals surface area (Å²) < 4.78 is 40.5. The number of amides is 1. The van der Waals surface area contributed by atoms with Gasteiger partial charge in [0.25, 0.3) is 0 Å². The average Bonchev–Trinajstić information content (AvgIpc) is 2.68. The number of carbonyl (C=O) groups is 1. The Kier molecular flexibility index (Phi) is 8.60. The first-order valence-electron chi connectivity index (χ1n) is 9.89. The van der Waals surface area contributed by atoms with Crippen LogP contribution in [0.1, 0.15) is 31.7 Å². The number of piperidine rings is 1. The van der Waals surface area contributed by atoms with Gasteiger partial charge >= 0.3 is 6.36 Å². The largest absolute Gasteiger partial charge is 0.573 e. The number of carbonyl (C=O) groups excluding carboxylic acids is 1. The van der Waals surface area contributed by atoms with Crippen molar-refractivity contribution in [3.05, 3.63) is 29.8 Å². The summed E-state index contributed by atoms with van der Waals surface area (Å²) in [4.78, 5) is 18.4. The summed E-state index contributed by atoms with van der Waals surface area (Å²) in [6, 6.07) is 5.87. The van der Waals surface area contributed by atoms with Gasteiger partial charge in [0, 0.05) is 39.6 Å². The molecule has 1 aromatic carbocycles. The fourth-order valence-corrected chi connectivity index (χ4v) is 3.29. The average molecular weight is 414 g/mol. The van der Waals surface area contributed by atoms with E-state index < -0.39 is 6.36 Å². The molecule has 1 aliphatic rings. The summed E-state index contributed by atoms with van der Waals surface area (Å²) in [5, 5.41) is 5.96. The molecular formula is C20H29F3N4O2. The van der Waals surface area contributed by atoms with Crippen molar-refractivity contribution in [3.63, 3.8) is 0 Å². The topological polar surface area (TPSA) is 66.0 Å². The molecule has 6 nitrogen and oxygen atoms in total. The van der Waals surface area contributed by atoms with Gasteiger partial charge in [0.05, 0.1) is 0 Å². The highest BCUT2D eigenvalue weighted by atomic mass is 19.4. The van der Waals surface area contributed by atoms with Gasteiger partial charge in [-0.25, -0.2) is 0 Å². The van der Waals surface area contributed by atoms with Crippen molar-refractivity contribution >= 4 is 11.9 Å². The Balaban J connectivity index is 1.85.